The zero-order valence-corrected chi connectivity index (χ0v) is 7.73. The number of ketones is 1. The van der Waals surface area contributed by atoms with E-state index in [1.54, 1.807) is 0 Å². The topological polar surface area (TPSA) is 17.1 Å². The highest BCUT2D eigenvalue weighted by atomic mass is 16.1. The molecule has 0 aliphatic heterocycles. The minimum Gasteiger partial charge on any atom is -0.299 e. The SMILES string of the molecule is C[C@@]12CC[C@]3(CCCC(=O)[C@H]13)C2. The van der Waals surface area contributed by atoms with Gasteiger partial charge in [-0.15, -0.1) is 0 Å². The minimum atomic E-state index is 0.442. The molecule has 3 atom stereocenters. The van der Waals surface area contributed by atoms with Crippen molar-refractivity contribution in [1.82, 2.24) is 0 Å². The third-order valence-corrected chi connectivity index (χ3v) is 4.68. The van der Waals surface area contributed by atoms with Crippen molar-refractivity contribution in [2.45, 2.75) is 45.4 Å². The van der Waals surface area contributed by atoms with Crippen LogP contribution in [0, 0.1) is 16.7 Å². The highest BCUT2D eigenvalue weighted by molar-refractivity contribution is 5.85. The smallest absolute Gasteiger partial charge is 0.137 e. The summed E-state index contributed by atoms with van der Waals surface area (Å²) in [6.45, 7) is 2.33. The van der Waals surface area contributed by atoms with Crippen LogP contribution in [0.5, 0.6) is 0 Å². The fourth-order valence-corrected chi connectivity index (χ4v) is 4.46. The summed E-state index contributed by atoms with van der Waals surface area (Å²) in [6.07, 6.45) is 7.42. The number of carbonyl (C=O) groups excluding carboxylic acids is 1. The monoisotopic (exact) mass is 164 g/mol. The highest BCUT2D eigenvalue weighted by Crippen LogP contribution is 2.74. The number of carbonyl (C=O) groups is 1. The third kappa shape index (κ3) is 0.571. The Labute approximate surface area is 73.5 Å². The predicted molar refractivity (Wildman–Crippen MR) is 46.7 cm³/mol. The fourth-order valence-electron chi connectivity index (χ4n) is 4.46. The first kappa shape index (κ1) is 7.11. The van der Waals surface area contributed by atoms with E-state index in [1.807, 2.05) is 0 Å². The van der Waals surface area contributed by atoms with Gasteiger partial charge in [0, 0.05) is 12.3 Å². The Balaban J connectivity index is 2.01. The van der Waals surface area contributed by atoms with Gasteiger partial charge in [0.1, 0.15) is 5.78 Å². The number of hydrogen-bond acceptors (Lipinski definition) is 1. The second kappa shape index (κ2) is 1.78. The van der Waals surface area contributed by atoms with Crippen LogP contribution in [0.15, 0.2) is 0 Å². The van der Waals surface area contributed by atoms with Crippen LogP contribution in [0.4, 0.5) is 0 Å². The van der Waals surface area contributed by atoms with Crippen LogP contribution in [0.3, 0.4) is 0 Å². The average molecular weight is 164 g/mol. The molecule has 0 saturated heterocycles. The zero-order chi connectivity index (χ0) is 8.40. The molecule has 0 N–H and O–H groups in total. The molecule has 4 aliphatic rings. The molecule has 0 unspecified atom stereocenters. The maximum Gasteiger partial charge on any atom is 0.137 e. The van der Waals surface area contributed by atoms with Gasteiger partial charge in [0.15, 0.2) is 0 Å². The standard InChI is InChI=1S/C11H16O/c1-10-5-6-11(7-10)4-2-3-8(12)9(10)11/h9H,2-7H2,1H3/t9-,10+,11-/m1/s1. The van der Waals surface area contributed by atoms with Crippen molar-refractivity contribution in [1.29, 1.82) is 0 Å². The van der Waals surface area contributed by atoms with Crippen LogP contribution in [0.1, 0.15) is 45.4 Å². The summed E-state index contributed by atoms with van der Waals surface area (Å²) in [7, 11) is 0. The molecular formula is C11H16O. The van der Waals surface area contributed by atoms with Gasteiger partial charge in [-0.05, 0) is 42.9 Å². The van der Waals surface area contributed by atoms with Crippen LogP contribution >= 0.6 is 0 Å². The van der Waals surface area contributed by atoms with Gasteiger partial charge in [0.05, 0.1) is 0 Å². The molecule has 66 valence electrons. The molecule has 0 radical (unpaired) electrons. The molecule has 1 heteroatoms. The highest BCUT2D eigenvalue weighted by Gasteiger charge is 2.68. The Morgan fingerprint density at radius 1 is 1.33 bits per heavy atom. The summed E-state index contributed by atoms with van der Waals surface area (Å²) in [5, 5.41) is 0. The summed E-state index contributed by atoms with van der Waals surface area (Å²) in [5.41, 5.74) is 0.960. The quantitative estimate of drug-likeness (QED) is 0.537. The van der Waals surface area contributed by atoms with Gasteiger partial charge >= 0.3 is 0 Å². The van der Waals surface area contributed by atoms with Crippen molar-refractivity contribution in [3.63, 3.8) is 0 Å². The summed E-state index contributed by atoms with van der Waals surface area (Å²) in [4.78, 5) is 11.7. The molecule has 0 heterocycles. The summed E-state index contributed by atoms with van der Waals surface area (Å²) in [5.74, 6) is 1.08. The normalized spacial score (nSPS) is 56.4. The van der Waals surface area contributed by atoms with Crippen molar-refractivity contribution in [2.75, 3.05) is 0 Å². The van der Waals surface area contributed by atoms with Crippen LogP contribution in [-0.2, 0) is 4.79 Å². The molecule has 1 nitrogen and oxygen atoms in total. The van der Waals surface area contributed by atoms with Gasteiger partial charge in [-0.25, -0.2) is 0 Å². The molecule has 4 rings (SSSR count). The number of Topliss-reactive ketones (excluding diaryl/α,β-unsaturated/α-hetero) is 1. The van der Waals surface area contributed by atoms with Crippen LogP contribution in [-0.4, -0.2) is 5.78 Å². The zero-order valence-electron chi connectivity index (χ0n) is 7.73. The first-order valence-corrected chi connectivity index (χ1v) is 5.19. The molecule has 12 heavy (non-hydrogen) atoms. The second-order valence-corrected chi connectivity index (χ2v) is 5.45. The first-order chi connectivity index (χ1) is 5.66. The van der Waals surface area contributed by atoms with Gasteiger partial charge in [-0.1, -0.05) is 6.92 Å². The lowest BCUT2D eigenvalue weighted by Crippen LogP contribution is -2.53. The van der Waals surface area contributed by atoms with E-state index in [9.17, 15) is 4.79 Å². The molecular weight excluding hydrogens is 148 g/mol. The maximum absolute atomic E-state index is 11.7. The second-order valence-electron chi connectivity index (χ2n) is 5.45. The molecule has 0 aromatic rings. The van der Waals surface area contributed by atoms with Gasteiger partial charge in [0.25, 0.3) is 0 Å². The van der Waals surface area contributed by atoms with Gasteiger partial charge < -0.3 is 0 Å². The third-order valence-electron chi connectivity index (χ3n) is 4.68. The van der Waals surface area contributed by atoms with Crippen LogP contribution in [0.2, 0.25) is 0 Å². The van der Waals surface area contributed by atoms with Gasteiger partial charge in [0.2, 0.25) is 0 Å². The molecule has 0 aromatic heterocycles. The first-order valence-electron chi connectivity index (χ1n) is 5.19. The molecule has 0 aromatic carbocycles. The van der Waals surface area contributed by atoms with E-state index in [2.05, 4.69) is 6.92 Å². The predicted octanol–water partition coefficient (Wildman–Crippen LogP) is 2.55. The van der Waals surface area contributed by atoms with Crippen molar-refractivity contribution in [2.24, 2.45) is 16.7 Å². The number of rotatable bonds is 0. The molecule has 4 saturated carbocycles. The Kier molecular flexibility index (Phi) is 1.06. The number of hydrogen-bond donors (Lipinski definition) is 0. The van der Waals surface area contributed by atoms with E-state index in [1.165, 1.54) is 32.1 Å². The minimum absolute atomic E-state index is 0.442. The molecule has 0 amide bonds. The summed E-state index contributed by atoms with van der Waals surface area (Å²) >= 11 is 0. The van der Waals surface area contributed by atoms with E-state index >= 15 is 0 Å². The largest absolute Gasteiger partial charge is 0.299 e. The van der Waals surface area contributed by atoms with Gasteiger partial charge in [-0.3, -0.25) is 4.79 Å². The Hall–Kier alpha value is -0.330. The average Bonchev–Trinajstić information content (AvgIpc) is 2.41. The lowest BCUT2D eigenvalue weighted by molar-refractivity contribution is -0.149. The molecule has 4 aliphatic carbocycles. The van der Waals surface area contributed by atoms with Crippen molar-refractivity contribution in [3.8, 4) is 0 Å². The van der Waals surface area contributed by atoms with Crippen LogP contribution in [0.25, 0.3) is 0 Å². The molecule has 2 bridgehead atoms. The Bertz CT molecular complexity index is 254. The van der Waals surface area contributed by atoms with E-state index in [0.717, 1.165) is 6.42 Å². The van der Waals surface area contributed by atoms with Crippen molar-refractivity contribution < 1.29 is 4.79 Å². The van der Waals surface area contributed by atoms with Crippen molar-refractivity contribution >= 4 is 5.78 Å². The van der Waals surface area contributed by atoms with E-state index in [-0.39, 0.29) is 0 Å². The van der Waals surface area contributed by atoms with Crippen molar-refractivity contribution in [3.05, 3.63) is 0 Å². The summed E-state index contributed by atoms with van der Waals surface area (Å²) in [6, 6.07) is 0. The van der Waals surface area contributed by atoms with E-state index < -0.39 is 0 Å². The van der Waals surface area contributed by atoms with E-state index in [0.29, 0.717) is 22.5 Å². The van der Waals surface area contributed by atoms with Crippen LogP contribution < -0.4 is 0 Å². The van der Waals surface area contributed by atoms with Gasteiger partial charge in [-0.2, -0.15) is 0 Å². The number of fused-ring (bicyclic) bond motifs is 1. The van der Waals surface area contributed by atoms with E-state index in [4.69, 9.17) is 0 Å². The molecule has 1 spiro atoms. The Morgan fingerprint density at radius 3 is 2.83 bits per heavy atom. The Morgan fingerprint density at radius 2 is 2.17 bits per heavy atom. The lowest BCUT2D eigenvalue weighted by atomic mass is 9.47. The lowest BCUT2D eigenvalue weighted by Gasteiger charge is -2.55. The summed E-state index contributed by atoms with van der Waals surface area (Å²) < 4.78 is 0. The maximum atomic E-state index is 11.7. The fraction of sp³-hybridized carbons (Fsp3) is 0.909. The molecule has 4 fully saturated rings.